The zero-order valence-electron chi connectivity index (χ0n) is 18.7. The van der Waals surface area contributed by atoms with Gasteiger partial charge in [0.05, 0.1) is 13.2 Å². The summed E-state index contributed by atoms with van der Waals surface area (Å²) >= 11 is 0. The molecular formula is C24H38N2O2. The summed E-state index contributed by atoms with van der Waals surface area (Å²) in [6, 6.07) is 8.85. The predicted octanol–water partition coefficient (Wildman–Crippen LogP) is 6.62. The van der Waals surface area contributed by atoms with Crippen LogP contribution in [0.15, 0.2) is 36.7 Å². The summed E-state index contributed by atoms with van der Waals surface area (Å²) in [6.45, 7) is 16.6. The second-order valence-corrected chi connectivity index (χ2v) is 8.06. The van der Waals surface area contributed by atoms with E-state index in [1.807, 2.05) is 24.5 Å². The summed E-state index contributed by atoms with van der Waals surface area (Å²) in [5, 5.41) is 0. The van der Waals surface area contributed by atoms with Crippen LogP contribution in [0.5, 0.6) is 11.8 Å². The molecule has 0 amide bonds. The van der Waals surface area contributed by atoms with Crippen molar-refractivity contribution in [2.75, 3.05) is 13.2 Å². The van der Waals surface area contributed by atoms with Gasteiger partial charge in [0.25, 0.3) is 0 Å². The topological polar surface area (TPSA) is 44.2 Å². The molecule has 0 saturated heterocycles. The van der Waals surface area contributed by atoms with E-state index < -0.39 is 0 Å². The molecule has 1 aromatic carbocycles. The van der Waals surface area contributed by atoms with Gasteiger partial charge in [-0.05, 0) is 53.9 Å². The van der Waals surface area contributed by atoms with Crippen LogP contribution in [-0.4, -0.2) is 23.2 Å². The van der Waals surface area contributed by atoms with Crippen molar-refractivity contribution in [2.45, 2.75) is 73.1 Å². The van der Waals surface area contributed by atoms with Gasteiger partial charge in [-0.25, -0.2) is 9.97 Å². The quantitative estimate of drug-likeness (QED) is 0.485. The summed E-state index contributed by atoms with van der Waals surface area (Å²) < 4.78 is 10.9. The number of hydrogen-bond donors (Lipinski definition) is 0. The van der Waals surface area contributed by atoms with Crippen molar-refractivity contribution in [1.29, 1.82) is 0 Å². The molecule has 0 N–H and O–H groups in total. The van der Waals surface area contributed by atoms with Gasteiger partial charge in [0, 0.05) is 12.4 Å². The summed E-state index contributed by atoms with van der Waals surface area (Å²) in [6.07, 6.45) is 5.77. The highest BCUT2D eigenvalue weighted by Crippen LogP contribution is 2.18. The molecule has 0 atom stereocenters. The van der Waals surface area contributed by atoms with E-state index in [2.05, 4.69) is 70.6 Å². The average molecular weight is 387 g/mol. The van der Waals surface area contributed by atoms with E-state index in [0.717, 1.165) is 30.8 Å². The molecule has 0 aliphatic carbocycles. The van der Waals surface area contributed by atoms with Gasteiger partial charge in [0.1, 0.15) is 5.75 Å². The maximum atomic E-state index is 5.49. The molecule has 0 bridgehead atoms. The van der Waals surface area contributed by atoms with Gasteiger partial charge in [-0.2, -0.15) is 0 Å². The lowest BCUT2D eigenvalue weighted by atomic mass is 10.0. The largest absolute Gasteiger partial charge is 0.494 e. The first-order chi connectivity index (χ1) is 13.3. The van der Waals surface area contributed by atoms with E-state index in [-0.39, 0.29) is 0 Å². The Balaban J connectivity index is 0.000000283. The van der Waals surface area contributed by atoms with E-state index in [9.17, 15) is 0 Å². The van der Waals surface area contributed by atoms with Crippen molar-refractivity contribution < 1.29 is 9.47 Å². The molecule has 0 saturated carbocycles. The molecule has 1 heterocycles. The first-order valence-electron chi connectivity index (χ1n) is 10.5. The molecule has 28 heavy (non-hydrogen) atoms. The normalized spacial score (nSPS) is 10.8. The first-order valence-corrected chi connectivity index (χ1v) is 10.5. The van der Waals surface area contributed by atoms with Crippen molar-refractivity contribution in [1.82, 2.24) is 9.97 Å². The summed E-state index contributed by atoms with van der Waals surface area (Å²) in [7, 11) is 0. The van der Waals surface area contributed by atoms with Crippen molar-refractivity contribution >= 4 is 0 Å². The number of aromatic nitrogens is 2. The molecule has 0 aliphatic heterocycles. The number of rotatable bonds is 9. The van der Waals surface area contributed by atoms with Gasteiger partial charge in [0.15, 0.2) is 0 Å². The molecule has 2 aromatic rings. The minimum atomic E-state index is 0.467. The molecule has 0 fully saturated rings. The van der Waals surface area contributed by atoms with Crippen molar-refractivity contribution in [3.63, 3.8) is 0 Å². The number of nitrogens with zero attached hydrogens (tertiary/aromatic N) is 2. The van der Waals surface area contributed by atoms with Gasteiger partial charge in [-0.15, -0.1) is 0 Å². The third kappa shape index (κ3) is 9.72. The van der Waals surface area contributed by atoms with Crippen LogP contribution in [0.4, 0.5) is 0 Å². The van der Waals surface area contributed by atoms with Crippen LogP contribution in [0.2, 0.25) is 0 Å². The summed E-state index contributed by atoms with van der Waals surface area (Å²) in [4.78, 5) is 8.33. The molecule has 1 aromatic heterocycles. The molecular weight excluding hydrogens is 348 g/mol. The zero-order valence-corrected chi connectivity index (χ0v) is 18.7. The van der Waals surface area contributed by atoms with E-state index in [4.69, 9.17) is 9.47 Å². The molecule has 0 spiro atoms. The summed E-state index contributed by atoms with van der Waals surface area (Å²) in [5.74, 6) is 2.70. The Labute approximate surface area is 171 Å². The lowest BCUT2D eigenvalue weighted by Gasteiger charge is -2.07. The van der Waals surface area contributed by atoms with Crippen molar-refractivity contribution in [3.05, 3.63) is 47.8 Å². The van der Waals surface area contributed by atoms with E-state index in [1.54, 1.807) is 0 Å². The molecule has 0 aliphatic rings. The van der Waals surface area contributed by atoms with Crippen LogP contribution in [-0.2, 0) is 0 Å². The lowest BCUT2D eigenvalue weighted by Crippen LogP contribution is -2.04. The Hall–Kier alpha value is -2.10. The second-order valence-electron chi connectivity index (χ2n) is 8.06. The second kappa shape index (κ2) is 13.1. The number of hydrogen-bond acceptors (Lipinski definition) is 4. The Morgan fingerprint density at radius 3 is 1.79 bits per heavy atom. The molecule has 156 valence electrons. The van der Waals surface area contributed by atoms with Crippen molar-refractivity contribution in [2.24, 2.45) is 5.92 Å². The fraction of sp³-hybridized carbons (Fsp3) is 0.583. The Morgan fingerprint density at radius 1 is 0.750 bits per heavy atom. The molecule has 0 radical (unpaired) electrons. The Bertz CT molecular complexity index is 635. The third-order valence-electron chi connectivity index (χ3n) is 4.26. The van der Waals surface area contributed by atoms with Crippen LogP contribution in [0.1, 0.15) is 84.3 Å². The zero-order chi connectivity index (χ0) is 20.9. The SMILES string of the molecule is CC(C)CCOc1ncc(C(C)C)cn1.CCCOc1ccc(C(C)C)cc1. The van der Waals surface area contributed by atoms with Gasteiger partial charge < -0.3 is 9.47 Å². The fourth-order valence-corrected chi connectivity index (χ4v) is 2.25. The Kier molecular flexibility index (Phi) is 11.2. The number of ether oxygens (including phenoxy) is 2. The third-order valence-corrected chi connectivity index (χ3v) is 4.26. The average Bonchev–Trinajstić information content (AvgIpc) is 2.67. The monoisotopic (exact) mass is 386 g/mol. The predicted molar refractivity (Wildman–Crippen MR) is 117 cm³/mol. The van der Waals surface area contributed by atoms with E-state index >= 15 is 0 Å². The van der Waals surface area contributed by atoms with Gasteiger partial charge in [0.2, 0.25) is 0 Å². The maximum absolute atomic E-state index is 5.49. The van der Waals surface area contributed by atoms with Crippen LogP contribution in [0, 0.1) is 5.92 Å². The highest BCUT2D eigenvalue weighted by Gasteiger charge is 2.02. The van der Waals surface area contributed by atoms with Crippen molar-refractivity contribution in [3.8, 4) is 11.8 Å². The highest BCUT2D eigenvalue weighted by molar-refractivity contribution is 5.28. The van der Waals surface area contributed by atoms with Gasteiger partial charge in [-0.3, -0.25) is 0 Å². The lowest BCUT2D eigenvalue weighted by molar-refractivity contribution is 0.268. The van der Waals surface area contributed by atoms with Gasteiger partial charge in [-0.1, -0.05) is 60.6 Å². The fourth-order valence-electron chi connectivity index (χ4n) is 2.25. The standard InChI is InChI=1S/C12H20N2O.C12H18O/c1-9(2)5-6-15-12-13-7-11(8-14-12)10(3)4;1-4-9-13-12-7-5-11(6-8-12)10(2)3/h7-10H,5-6H2,1-4H3;5-8,10H,4,9H2,1-3H3. The minimum Gasteiger partial charge on any atom is -0.494 e. The van der Waals surface area contributed by atoms with Crippen LogP contribution in [0.3, 0.4) is 0 Å². The first kappa shape index (κ1) is 23.9. The van der Waals surface area contributed by atoms with Crippen LogP contribution >= 0.6 is 0 Å². The van der Waals surface area contributed by atoms with Gasteiger partial charge >= 0.3 is 6.01 Å². The van der Waals surface area contributed by atoms with E-state index in [1.165, 1.54) is 5.56 Å². The smallest absolute Gasteiger partial charge is 0.316 e. The van der Waals surface area contributed by atoms with E-state index in [0.29, 0.717) is 30.4 Å². The minimum absolute atomic E-state index is 0.467. The maximum Gasteiger partial charge on any atom is 0.316 e. The highest BCUT2D eigenvalue weighted by atomic mass is 16.5. The molecule has 4 nitrogen and oxygen atoms in total. The molecule has 0 unspecified atom stereocenters. The summed E-state index contributed by atoms with van der Waals surface area (Å²) in [5.41, 5.74) is 2.51. The number of benzene rings is 1. The molecule has 2 rings (SSSR count). The molecule has 4 heteroatoms. The Morgan fingerprint density at radius 2 is 1.32 bits per heavy atom. The van der Waals surface area contributed by atoms with Crippen LogP contribution in [0.25, 0.3) is 0 Å². The van der Waals surface area contributed by atoms with Crippen LogP contribution < -0.4 is 9.47 Å².